The van der Waals surface area contributed by atoms with Crippen molar-refractivity contribution in [3.63, 3.8) is 0 Å². The minimum absolute atomic E-state index is 0. The van der Waals surface area contributed by atoms with Gasteiger partial charge in [-0.15, -0.1) is 24.8 Å². The Morgan fingerprint density at radius 1 is 0.833 bits per heavy atom. The molecular formula is C20H35Cl2SiZr. The molecule has 0 aromatic rings. The van der Waals surface area contributed by atoms with Crippen molar-refractivity contribution >= 4 is 30.7 Å². The average Bonchev–Trinajstić information content (AvgIpc) is 3.13. The number of allylic oxidation sites excluding steroid dienone is 8. The molecule has 0 spiro atoms. The Kier molecular flexibility index (Phi) is 13.3. The number of unbranched alkanes of at least 4 members (excludes halogenated alkanes) is 2. The molecule has 0 aromatic carbocycles. The van der Waals surface area contributed by atoms with Crippen LogP contribution in [0.25, 0.3) is 0 Å². The van der Waals surface area contributed by atoms with E-state index in [1.54, 1.807) is 11.1 Å². The third kappa shape index (κ3) is 6.42. The van der Waals surface area contributed by atoms with Crippen LogP contribution in [0.1, 0.15) is 65.2 Å². The van der Waals surface area contributed by atoms with Crippen LogP contribution < -0.4 is 0 Å². The molecule has 0 aromatic heterocycles. The second-order valence-corrected chi connectivity index (χ2v) is 26.2. The van der Waals surface area contributed by atoms with Gasteiger partial charge in [-0.05, 0) is 0 Å². The molecule has 0 amide bonds. The largest absolute Gasteiger partial charge is 0.147 e. The third-order valence-corrected chi connectivity index (χ3v) is 24.5. The number of rotatable bonds is 9. The van der Waals surface area contributed by atoms with Gasteiger partial charge in [0.2, 0.25) is 0 Å². The van der Waals surface area contributed by atoms with Crippen LogP contribution in [-0.2, 0) is 20.9 Å². The Hall–Kier alpha value is 0.640. The second kappa shape index (κ2) is 12.9. The third-order valence-electron chi connectivity index (χ3n) is 4.88. The Bertz CT molecular complexity index is 462. The van der Waals surface area contributed by atoms with Crippen LogP contribution in [0.4, 0.5) is 0 Å². The Balaban J connectivity index is 0.00000264. The zero-order valence-electron chi connectivity index (χ0n) is 15.9. The first-order valence-corrected chi connectivity index (χ1v) is 18.9. The van der Waals surface area contributed by atoms with E-state index in [2.05, 4.69) is 51.2 Å². The predicted molar refractivity (Wildman–Crippen MR) is 114 cm³/mol. The van der Waals surface area contributed by atoms with Crippen LogP contribution in [0.15, 0.2) is 42.0 Å². The maximum atomic E-state index is 2.64. The van der Waals surface area contributed by atoms with Crippen molar-refractivity contribution in [3.05, 3.63) is 42.0 Å². The zero-order chi connectivity index (χ0) is 15.9. The maximum Gasteiger partial charge on any atom is -0.147 e. The molecule has 2 rings (SSSR count). The van der Waals surface area contributed by atoms with Crippen LogP contribution in [-0.4, -0.2) is 5.92 Å². The van der Waals surface area contributed by atoms with E-state index in [0.29, 0.717) is 0 Å². The molecule has 0 unspecified atom stereocenters. The van der Waals surface area contributed by atoms with E-state index in [0.717, 1.165) is 0 Å². The van der Waals surface area contributed by atoms with Crippen molar-refractivity contribution in [1.82, 2.24) is 0 Å². The molecule has 0 nitrogen and oxygen atoms in total. The molecule has 0 bridgehead atoms. The zero-order valence-corrected chi connectivity index (χ0v) is 21.1. The Morgan fingerprint density at radius 3 is 1.58 bits per heavy atom. The molecule has 0 radical (unpaired) electrons. The molecule has 0 aliphatic heterocycles. The molecule has 2 aliphatic rings. The van der Waals surface area contributed by atoms with Gasteiger partial charge in [-0.1, -0.05) is 0 Å². The molecule has 24 heavy (non-hydrogen) atoms. The van der Waals surface area contributed by atoms with E-state index < -0.39 is 26.8 Å². The molecule has 2 aliphatic carbocycles. The topological polar surface area (TPSA) is 0 Å². The molecule has 0 fully saturated rings. The maximum absolute atomic E-state index is 2.64. The van der Waals surface area contributed by atoms with Gasteiger partial charge < -0.3 is 0 Å². The number of hydrogen-bond donors (Lipinski definition) is 0. The van der Waals surface area contributed by atoms with Crippen LogP contribution in [0.3, 0.4) is 0 Å². The summed E-state index contributed by atoms with van der Waals surface area (Å²) in [4.78, 5) is 0. The minimum atomic E-state index is -1.53. The fraction of sp³-hybridized carbons (Fsp3) is 0.600. The van der Waals surface area contributed by atoms with Gasteiger partial charge in [-0.3, -0.25) is 0 Å². The molecule has 0 N–H and O–H groups in total. The quantitative estimate of drug-likeness (QED) is 0.315. The normalized spacial score (nSPS) is 16.0. The summed E-state index contributed by atoms with van der Waals surface area (Å²) in [6.45, 7) is 9.92. The SMILES string of the molecule is CCCCC1=[C]([Zr]([C]2=C(CCCC)C=CC2)[SiH](C)C)CC=C1.Cl.Cl. The Labute approximate surface area is 171 Å². The van der Waals surface area contributed by atoms with Gasteiger partial charge in [-0.25, -0.2) is 0 Å². The summed E-state index contributed by atoms with van der Waals surface area (Å²) in [6.07, 6.45) is 20.6. The average molecular weight is 466 g/mol. The molecule has 0 heterocycles. The minimum Gasteiger partial charge on any atom is -0.147 e. The standard InChI is InChI=1S/2C9H13.C2H7Si.2ClH.Zr/c2*1-2-3-6-9-7-4-5-8-9;1-3-2;;;/h2*4,7H,2-3,5-6H2,1H3;3H,1-2H3;2*1H;. The fourth-order valence-corrected chi connectivity index (χ4v) is 24.3. The first kappa shape index (κ1) is 24.6. The van der Waals surface area contributed by atoms with Crippen molar-refractivity contribution in [2.75, 3.05) is 0 Å². The van der Waals surface area contributed by atoms with Crippen LogP contribution in [0, 0.1) is 0 Å². The summed E-state index contributed by atoms with van der Waals surface area (Å²) in [5.74, 6) is -0.536. The molecule has 0 saturated heterocycles. The van der Waals surface area contributed by atoms with Gasteiger partial charge in [0, 0.05) is 0 Å². The van der Waals surface area contributed by atoms with Crippen molar-refractivity contribution < 1.29 is 20.9 Å². The summed E-state index contributed by atoms with van der Waals surface area (Å²) in [5, 5.41) is 0. The van der Waals surface area contributed by atoms with Gasteiger partial charge in [0.05, 0.1) is 0 Å². The Morgan fingerprint density at radius 2 is 1.25 bits per heavy atom. The van der Waals surface area contributed by atoms with Gasteiger partial charge in [0.1, 0.15) is 0 Å². The van der Waals surface area contributed by atoms with Crippen LogP contribution >= 0.6 is 24.8 Å². The van der Waals surface area contributed by atoms with Crippen molar-refractivity contribution in [1.29, 1.82) is 0 Å². The van der Waals surface area contributed by atoms with Crippen LogP contribution in [0.2, 0.25) is 13.1 Å². The van der Waals surface area contributed by atoms with Crippen LogP contribution in [0.5, 0.6) is 0 Å². The molecule has 0 saturated carbocycles. The van der Waals surface area contributed by atoms with Gasteiger partial charge in [0.25, 0.3) is 0 Å². The predicted octanol–water partition coefficient (Wildman–Crippen LogP) is 7.24. The van der Waals surface area contributed by atoms with Crippen molar-refractivity contribution in [2.24, 2.45) is 0 Å². The van der Waals surface area contributed by atoms with E-state index in [1.165, 1.54) is 51.4 Å². The van der Waals surface area contributed by atoms with Crippen molar-refractivity contribution in [3.8, 4) is 0 Å². The monoisotopic (exact) mass is 463 g/mol. The molecular weight excluding hydrogens is 430 g/mol. The van der Waals surface area contributed by atoms with Gasteiger partial charge in [-0.2, -0.15) is 0 Å². The summed E-state index contributed by atoms with van der Waals surface area (Å²) in [5.41, 5.74) is 3.54. The molecule has 137 valence electrons. The van der Waals surface area contributed by atoms with E-state index in [1.807, 2.05) is 6.56 Å². The first-order chi connectivity index (χ1) is 10.7. The van der Waals surface area contributed by atoms with E-state index in [4.69, 9.17) is 0 Å². The summed E-state index contributed by atoms with van der Waals surface area (Å²) in [7, 11) is 0. The van der Waals surface area contributed by atoms with E-state index >= 15 is 0 Å². The van der Waals surface area contributed by atoms with E-state index in [-0.39, 0.29) is 24.8 Å². The van der Waals surface area contributed by atoms with E-state index in [9.17, 15) is 0 Å². The summed E-state index contributed by atoms with van der Waals surface area (Å²) < 4.78 is 3.98. The first-order valence-electron chi connectivity index (χ1n) is 9.33. The fourth-order valence-electron chi connectivity index (χ4n) is 3.75. The van der Waals surface area contributed by atoms with Gasteiger partial charge in [0.15, 0.2) is 0 Å². The number of hydrogen-bond acceptors (Lipinski definition) is 0. The molecule has 0 atom stereocenters. The summed E-state index contributed by atoms with van der Waals surface area (Å²) in [6, 6.07) is 0. The summed E-state index contributed by atoms with van der Waals surface area (Å²) >= 11 is -1.53. The number of halogens is 2. The molecule has 4 heteroatoms. The van der Waals surface area contributed by atoms with Gasteiger partial charge >= 0.3 is 147 Å². The smallest absolute Gasteiger partial charge is 0.147 e. The second-order valence-electron chi connectivity index (χ2n) is 7.00. The van der Waals surface area contributed by atoms with Crippen molar-refractivity contribution in [2.45, 2.75) is 78.3 Å².